The predicted octanol–water partition coefficient (Wildman–Crippen LogP) is 3.12. The van der Waals surface area contributed by atoms with Crippen molar-refractivity contribution < 1.29 is 27.2 Å². The molecule has 0 spiro atoms. The highest BCUT2D eigenvalue weighted by Crippen LogP contribution is 2.11. The van der Waals surface area contributed by atoms with Crippen molar-refractivity contribution in [3.05, 3.63) is 82.9 Å². The number of amides is 2. The van der Waals surface area contributed by atoms with Gasteiger partial charge in [-0.15, -0.1) is 0 Å². The van der Waals surface area contributed by atoms with Gasteiger partial charge in [-0.1, -0.05) is 18.7 Å². The Labute approximate surface area is 152 Å². The number of hydrogen-bond acceptors (Lipinski definition) is 2. The molecule has 2 amide bonds. The van der Waals surface area contributed by atoms with E-state index in [1.807, 2.05) is 0 Å². The Morgan fingerprint density at radius 1 is 0.815 bits per heavy atom. The van der Waals surface area contributed by atoms with Gasteiger partial charge in [0.1, 0.15) is 23.3 Å². The van der Waals surface area contributed by atoms with E-state index in [0.29, 0.717) is 12.1 Å². The van der Waals surface area contributed by atoms with Gasteiger partial charge in [0.05, 0.1) is 6.42 Å². The van der Waals surface area contributed by atoms with Crippen LogP contribution in [0.2, 0.25) is 0 Å². The lowest BCUT2D eigenvalue weighted by molar-refractivity contribution is -0.123. The summed E-state index contributed by atoms with van der Waals surface area (Å²) in [6.45, 7) is 3.10. The fourth-order valence-corrected chi connectivity index (χ4v) is 2.16. The van der Waals surface area contributed by atoms with Crippen LogP contribution in [0.4, 0.5) is 17.6 Å². The quantitative estimate of drug-likeness (QED) is 0.573. The Balaban J connectivity index is 1.81. The van der Waals surface area contributed by atoms with Crippen molar-refractivity contribution in [1.82, 2.24) is 10.6 Å². The summed E-state index contributed by atoms with van der Waals surface area (Å²) in [5.74, 6) is -4.34. The Morgan fingerprint density at radius 3 is 1.78 bits per heavy atom. The fraction of sp³-hybridized carbons (Fsp3) is 0.158. The standard InChI is InChI=1S/C19H16F4N2O2/c1-11(19(27)25-10-13-3-5-15(21)8-17(13)23)6-18(26)24-9-12-2-4-14(20)7-16(12)22/h2-5,7-8H,1,6,9-10H2,(H,24,26)(H,25,27). The molecule has 8 heteroatoms. The van der Waals surface area contributed by atoms with Crippen LogP contribution in [0.25, 0.3) is 0 Å². The van der Waals surface area contributed by atoms with Gasteiger partial charge < -0.3 is 10.6 Å². The smallest absolute Gasteiger partial charge is 0.247 e. The number of benzene rings is 2. The molecule has 0 fully saturated rings. The average molecular weight is 380 g/mol. The molecular formula is C19H16F4N2O2. The zero-order valence-corrected chi connectivity index (χ0v) is 14.1. The third-order valence-electron chi connectivity index (χ3n) is 3.64. The van der Waals surface area contributed by atoms with Crippen molar-refractivity contribution in [3.8, 4) is 0 Å². The SMILES string of the molecule is C=C(CC(=O)NCc1ccc(F)cc1F)C(=O)NCc1ccc(F)cc1F. The molecule has 0 radical (unpaired) electrons. The molecule has 0 atom stereocenters. The maximum Gasteiger partial charge on any atom is 0.247 e. The van der Waals surface area contributed by atoms with Gasteiger partial charge in [0.15, 0.2) is 0 Å². The van der Waals surface area contributed by atoms with Crippen LogP contribution < -0.4 is 10.6 Å². The molecule has 2 N–H and O–H groups in total. The molecule has 2 aromatic carbocycles. The monoisotopic (exact) mass is 380 g/mol. The summed E-state index contributed by atoms with van der Waals surface area (Å²) in [5, 5.41) is 4.76. The van der Waals surface area contributed by atoms with E-state index in [4.69, 9.17) is 0 Å². The first-order valence-electron chi connectivity index (χ1n) is 7.87. The topological polar surface area (TPSA) is 58.2 Å². The molecule has 0 aliphatic carbocycles. The first-order valence-corrected chi connectivity index (χ1v) is 7.87. The summed E-state index contributed by atoms with van der Waals surface area (Å²) >= 11 is 0. The maximum atomic E-state index is 13.5. The molecule has 4 nitrogen and oxygen atoms in total. The van der Waals surface area contributed by atoms with Crippen LogP contribution in [-0.2, 0) is 22.7 Å². The highest BCUT2D eigenvalue weighted by molar-refractivity contribution is 5.98. The predicted molar refractivity (Wildman–Crippen MR) is 90.2 cm³/mol. The van der Waals surface area contributed by atoms with Crippen LogP contribution in [-0.4, -0.2) is 11.8 Å². The van der Waals surface area contributed by atoms with Crippen LogP contribution in [0.1, 0.15) is 17.5 Å². The van der Waals surface area contributed by atoms with Crippen LogP contribution in [0.3, 0.4) is 0 Å². The Morgan fingerprint density at radius 2 is 1.30 bits per heavy atom. The molecule has 0 saturated carbocycles. The minimum Gasteiger partial charge on any atom is -0.352 e. The van der Waals surface area contributed by atoms with Crippen molar-refractivity contribution in [2.24, 2.45) is 0 Å². The van der Waals surface area contributed by atoms with Gasteiger partial charge >= 0.3 is 0 Å². The lowest BCUT2D eigenvalue weighted by atomic mass is 10.1. The average Bonchev–Trinajstić information content (AvgIpc) is 2.60. The molecule has 27 heavy (non-hydrogen) atoms. The largest absolute Gasteiger partial charge is 0.352 e. The normalized spacial score (nSPS) is 10.4. The first kappa shape index (κ1) is 20.2. The van der Waals surface area contributed by atoms with E-state index in [2.05, 4.69) is 17.2 Å². The molecule has 2 aromatic rings. The van der Waals surface area contributed by atoms with E-state index in [1.165, 1.54) is 12.1 Å². The minimum absolute atomic E-state index is 0.0776. The Bertz CT molecular complexity index is 884. The molecule has 0 aliphatic heterocycles. The highest BCUT2D eigenvalue weighted by Gasteiger charge is 2.13. The molecule has 0 aliphatic rings. The molecule has 142 valence electrons. The summed E-state index contributed by atoms with van der Waals surface area (Å²) in [7, 11) is 0. The summed E-state index contributed by atoms with van der Waals surface area (Å²) in [4.78, 5) is 23.7. The minimum atomic E-state index is -0.806. The van der Waals surface area contributed by atoms with Crippen molar-refractivity contribution in [2.75, 3.05) is 0 Å². The maximum absolute atomic E-state index is 13.5. The number of nitrogens with one attached hydrogen (secondary N) is 2. The lowest BCUT2D eigenvalue weighted by Gasteiger charge is -2.10. The molecule has 0 heterocycles. The summed E-state index contributed by atoms with van der Waals surface area (Å²) in [5.41, 5.74) is 0.0787. The van der Waals surface area contributed by atoms with Crippen molar-refractivity contribution in [2.45, 2.75) is 19.5 Å². The Hall–Kier alpha value is -3.16. The van der Waals surface area contributed by atoms with Crippen LogP contribution in [0.5, 0.6) is 0 Å². The number of halogens is 4. The molecule has 0 bridgehead atoms. The number of rotatable bonds is 7. The van der Waals surface area contributed by atoms with Crippen molar-refractivity contribution >= 4 is 11.8 Å². The van der Waals surface area contributed by atoms with Gasteiger partial charge in [-0.25, -0.2) is 17.6 Å². The number of carbonyl (C=O) groups excluding carboxylic acids is 2. The molecule has 0 unspecified atom stereocenters. The highest BCUT2D eigenvalue weighted by atomic mass is 19.1. The molecule has 2 rings (SSSR count). The number of carbonyl (C=O) groups is 2. The van der Waals surface area contributed by atoms with Crippen LogP contribution >= 0.6 is 0 Å². The van der Waals surface area contributed by atoms with Crippen molar-refractivity contribution in [1.29, 1.82) is 0 Å². The van der Waals surface area contributed by atoms with Crippen LogP contribution in [0.15, 0.2) is 48.6 Å². The summed E-state index contributed by atoms with van der Waals surface area (Å²) < 4.78 is 52.6. The second-order valence-corrected chi connectivity index (χ2v) is 5.71. The zero-order chi connectivity index (χ0) is 20.0. The van der Waals surface area contributed by atoms with Gasteiger partial charge in [0.25, 0.3) is 0 Å². The number of hydrogen-bond donors (Lipinski definition) is 2. The summed E-state index contributed by atoms with van der Waals surface area (Å²) in [6, 6.07) is 5.90. The van der Waals surface area contributed by atoms with Crippen LogP contribution in [0, 0.1) is 23.3 Å². The Kier molecular flexibility index (Phi) is 6.70. The molecule has 0 aromatic heterocycles. The molecular weight excluding hydrogens is 364 g/mol. The molecule has 0 saturated heterocycles. The van der Waals surface area contributed by atoms with E-state index >= 15 is 0 Å². The van der Waals surface area contributed by atoms with Gasteiger partial charge in [-0.05, 0) is 12.1 Å². The van der Waals surface area contributed by atoms with Gasteiger partial charge in [0, 0.05) is 41.9 Å². The fourth-order valence-electron chi connectivity index (χ4n) is 2.16. The van der Waals surface area contributed by atoms with Gasteiger partial charge in [-0.2, -0.15) is 0 Å². The van der Waals surface area contributed by atoms with E-state index in [-0.39, 0.29) is 36.2 Å². The van der Waals surface area contributed by atoms with E-state index < -0.39 is 35.1 Å². The second kappa shape index (κ2) is 8.98. The summed E-state index contributed by atoms with van der Waals surface area (Å²) in [6.07, 6.45) is -0.361. The second-order valence-electron chi connectivity index (χ2n) is 5.71. The van der Waals surface area contributed by atoms with E-state index in [9.17, 15) is 27.2 Å². The lowest BCUT2D eigenvalue weighted by Crippen LogP contribution is -2.29. The zero-order valence-electron chi connectivity index (χ0n) is 14.1. The van der Waals surface area contributed by atoms with Gasteiger partial charge in [0.2, 0.25) is 11.8 Å². The van der Waals surface area contributed by atoms with Crippen molar-refractivity contribution in [3.63, 3.8) is 0 Å². The van der Waals surface area contributed by atoms with E-state index in [0.717, 1.165) is 12.1 Å². The third kappa shape index (κ3) is 5.95. The third-order valence-corrected chi connectivity index (χ3v) is 3.64. The first-order chi connectivity index (χ1) is 12.8. The van der Waals surface area contributed by atoms with E-state index in [1.54, 1.807) is 0 Å². The van der Waals surface area contributed by atoms with Gasteiger partial charge in [-0.3, -0.25) is 9.59 Å².